The molecule has 1 aromatic rings. The number of nitrogens with one attached hydrogen (secondary N) is 1. The van der Waals surface area contributed by atoms with E-state index in [4.69, 9.17) is 9.47 Å². The standard InChI is InChI=1S/C19H28BrN3O2.HI/c1-21-19(23-8-7-14(12-23)13-25-10-9-24-2)22-18-11-17(18)15-3-5-16(20)6-4-15;/h3-6,14,17-18H,7-13H2,1-2H3,(H,21,22);1H. The van der Waals surface area contributed by atoms with Crippen LogP contribution in [0, 0.1) is 5.92 Å². The number of aliphatic imine (C=N–C) groups is 1. The highest BCUT2D eigenvalue weighted by Crippen LogP contribution is 2.41. The van der Waals surface area contributed by atoms with E-state index in [9.17, 15) is 0 Å². The predicted octanol–water partition coefficient (Wildman–Crippen LogP) is 3.48. The van der Waals surface area contributed by atoms with Gasteiger partial charge < -0.3 is 19.7 Å². The van der Waals surface area contributed by atoms with E-state index >= 15 is 0 Å². The molecular formula is C19H29BrIN3O2. The second kappa shape index (κ2) is 10.8. The molecule has 1 aromatic carbocycles. The summed E-state index contributed by atoms with van der Waals surface area (Å²) in [5.74, 6) is 2.21. The van der Waals surface area contributed by atoms with Crippen molar-refractivity contribution in [2.75, 3.05) is 47.1 Å². The Labute approximate surface area is 182 Å². The summed E-state index contributed by atoms with van der Waals surface area (Å²) in [7, 11) is 3.58. The highest BCUT2D eigenvalue weighted by molar-refractivity contribution is 14.0. The fraction of sp³-hybridized carbons (Fsp3) is 0.632. The number of likely N-dealkylation sites (tertiary alicyclic amines) is 1. The maximum atomic E-state index is 5.68. The zero-order valence-corrected chi connectivity index (χ0v) is 19.4. The number of guanidine groups is 1. The Hall–Kier alpha value is -0.380. The highest BCUT2D eigenvalue weighted by Gasteiger charge is 2.40. The fourth-order valence-electron chi connectivity index (χ4n) is 3.45. The van der Waals surface area contributed by atoms with Crippen molar-refractivity contribution in [3.8, 4) is 0 Å². The summed E-state index contributed by atoms with van der Waals surface area (Å²) < 4.78 is 11.8. The van der Waals surface area contributed by atoms with Crippen LogP contribution >= 0.6 is 39.9 Å². The second-order valence-corrected chi connectivity index (χ2v) is 7.78. The molecule has 5 nitrogen and oxygen atoms in total. The normalized spacial score (nSPS) is 25.1. The molecule has 0 aromatic heterocycles. The number of hydrogen-bond donors (Lipinski definition) is 1. The minimum absolute atomic E-state index is 0. The third-order valence-electron chi connectivity index (χ3n) is 4.99. The van der Waals surface area contributed by atoms with Gasteiger partial charge in [0.15, 0.2) is 5.96 Å². The van der Waals surface area contributed by atoms with E-state index < -0.39 is 0 Å². The van der Waals surface area contributed by atoms with Crippen LogP contribution in [-0.2, 0) is 9.47 Å². The Balaban J connectivity index is 0.00000243. The molecule has 3 unspecified atom stereocenters. The van der Waals surface area contributed by atoms with Gasteiger partial charge in [-0.3, -0.25) is 4.99 Å². The quantitative estimate of drug-likeness (QED) is 0.250. The van der Waals surface area contributed by atoms with Crippen LogP contribution in [0.25, 0.3) is 0 Å². The zero-order chi connectivity index (χ0) is 17.6. The lowest BCUT2D eigenvalue weighted by atomic mass is 10.1. The maximum absolute atomic E-state index is 5.68. The molecule has 0 amide bonds. The molecule has 7 heteroatoms. The first-order chi connectivity index (χ1) is 12.2. The van der Waals surface area contributed by atoms with Gasteiger partial charge in [-0.15, -0.1) is 24.0 Å². The smallest absolute Gasteiger partial charge is 0.193 e. The van der Waals surface area contributed by atoms with E-state index in [-0.39, 0.29) is 24.0 Å². The molecule has 1 aliphatic heterocycles. The molecule has 0 bridgehead atoms. The van der Waals surface area contributed by atoms with Crippen LogP contribution < -0.4 is 5.32 Å². The Kier molecular flexibility index (Phi) is 9.12. The van der Waals surface area contributed by atoms with Crippen molar-refractivity contribution in [3.05, 3.63) is 34.3 Å². The summed E-state index contributed by atoms with van der Waals surface area (Å²) in [5.41, 5.74) is 1.40. The van der Waals surface area contributed by atoms with Gasteiger partial charge in [0.25, 0.3) is 0 Å². The molecule has 1 heterocycles. The lowest BCUT2D eigenvalue weighted by Crippen LogP contribution is -2.41. The number of methoxy groups -OCH3 is 1. The third kappa shape index (κ3) is 6.07. The van der Waals surface area contributed by atoms with Crippen LogP contribution in [0.1, 0.15) is 24.3 Å². The van der Waals surface area contributed by atoms with Gasteiger partial charge in [0.2, 0.25) is 0 Å². The molecular weight excluding hydrogens is 509 g/mol. The lowest BCUT2D eigenvalue weighted by molar-refractivity contribution is 0.0536. The lowest BCUT2D eigenvalue weighted by Gasteiger charge is -2.22. The topological polar surface area (TPSA) is 46.1 Å². The molecule has 146 valence electrons. The predicted molar refractivity (Wildman–Crippen MR) is 120 cm³/mol. The van der Waals surface area contributed by atoms with Gasteiger partial charge >= 0.3 is 0 Å². The largest absolute Gasteiger partial charge is 0.382 e. The molecule has 0 radical (unpaired) electrons. The van der Waals surface area contributed by atoms with E-state index in [0.717, 1.165) is 36.5 Å². The number of rotatable bonds is 7. The van der Waals surface area contributed by atoms with Gasteiger partial charge in [-0.2, -0.15) is 0 Å². The van der Waals surface area contributed by atoms with Crippen LogP contribution in [-0.4, -0.2) is 64.0 Å². The number of halogens is 2. The molecule has 1 saturated carbocycles. The van der Waals surface area contributed by atoms with E-state index in [1.165, 1.54) is 12.0 Å². The highest BCUT2D eigenvalue weighted by atomic mass is 127. The van der Waals surface area contributed by atoms with Crippen molar-refractivity contribution >= 4 is 45.9 Å². The van der Waals surface area contributed by atoms with Crippen LogP contribution in [0.3, 0.4) is 0 Å². The number of ether oxygens (including phenoxy) is 2. The molecule has 2 fully saturated rings. The molecule has 0 spiro atoms. The van der Waals surface area contributed by atoms with Gasteiger partial charge in [-0.25, -0.2) is 0 Å². The minimum Gasteiger partial charge on any atom is -0.382 e. The summed E-state index contributed by atoms with van der Waals surface area (Å²) in [6.07, 6.45) is 2.34. The van der Waals surface area contributed by atoms with Crippen LogP contribution in [0.2, 0.25) is 0 Å². The average molecular weight is 538 g/mol. The Bertz CT molecular complexity index is 585. The van der Waals surface area contributed by atoms with E-state index in [1.54, 1.807) is 7.11 Å². The third-order valence-corrected chi connectivity index (χ3v) is 5.51. The van der Waals surface area contributed by atoms with Gasteiger partial charge in [-0.1, -0.05) is 28.1 Å². The fourth-order valence-corrected chi connectivity index (χ4v) is 3.71. The minimum atomic E-state index is 0. The van der Waals surface area contributed by atoms with Gasteiger partial charge in [-0.05, 0) is 30.5 Å². The first-order valence-electron chi connectivity index (χ1n) is 9.01. The van der Waals surface area contributed by atoms with Crippen molar-refractivity contribution in [1.29, 1.82) is 0 Å². The SMILES string of the molecule is CN=C(NC1CC1c1ccc(Br)cc1)N1CCC(COCCOC)C1.I. The van der Waals surface area contributed by atoms with Gasteiger partial charge in [0.05, 0.1) is 19.8 Å². The van der Waals surface area contributed by atoms with Crippen molar-refractivity contribution in [2.24, 2.45) is 10.9 Å². The number of nitrogens with zero attached hydrogens (tertiary/aromatic N) is 2. The average Bonchev–Trinajstić information content (AvgIpc) is 3.24. The first-order valence-corrected chi connectivity index (χ1v) is 9.81. The van der Waals surface area contributed by atoms with E-state index in [1.807, 2.05) is 7.05 Å². The van der Waals surface area contributed by atoms with Crippen molar-refractivity contribution < 1.29 is 9.47 Å². The van der Waals surface area contributed by atoms with E-state index in [2.05, 4.69) is 55.4 Å². The second-order valence-electron chi connectivity index (χ2n) is 6.86. The Morgan fingerprint density at radius 2 is 2.08 bits per heavy atom. The van der Waals surface area contributed by atoms with Gasteiger partial charge in [0.1, 0.15) is 0 Å². The van der Waals surface area contributed by atoms with Crippen LogP contribution in [0.5, 0.6) is 0 Å². The molecule has 1 N–H and O–H groups in total. The summed E-state index contributed by atoms with van der Waals surface area (Å²) in [6.45, 7) is 4.22. The molecule has 26 heavy (non-hydrogen) atoms. The monoisotopic (exact) mass is 537 g/mol. The molecule has 2 aliphatic rings. The first kappa shape index (κ1) is 21.9. The Morgan fingerprint density at radius 3 is 2.77 bits per heavy atom. The maximum Gasteiger partial charge on any atom is 0.193 e. The zero-order valence-electron chi connectivity index (χ0n) is 15.5. The Morgan fingerprint density at radius 1 is 1.31 bits per heavy atom. The van der Waals surface area contributed by atoms with Gasteiger partial charge in [0, 0.05) is 49.6 Å². The number of hydrogen-bond acceptors (Lipinski definition) is 3. The summed E-state index contributed by atoms with van der Waals surface area (Å²) >= 11 is 3.50. The molecule has 1 saturated heterocycles. The summed E-state index contributed by atoms with van der Waals surface area (Å²) in [5, 5.41) is 3.65. The van der Waals surface area contributed by atoms with Crippen LogP contribution in [0.4, 0.5) is 0 Å². The summed E-state index contributed by atoms with van der Waals surface area (Å²) in [6, 6.07) is 9.16. The van der Waals surface area contributed by atoms with E-state index in [0.29, 0.717) is 31.1 Å². The number of benzene rings is 1. The summed E-state index contributed by atoms with van der Waals surface area (Å²) in [4.78, 5) is 6.86. The molecule has 1 aliphatic carbocycles. The van der Waals surface area contributed by atoms with Crippen molar-refractivity contribution in [1.82, 2.24) is 10.2 Å². The molecule has 3 atom stereocenters. The van der Waals surface area contributed by atoms with Crippen molar-refractivity contribution in [3.63, 3.8) is 0 Å². The molecule has 3 rings (SSSR count). The van der Waals surface area contributed by atoms with Crippen molar-refractivity contribution in [2.45, 2.75) is 24.8 Å². The van der Waals surface area contributed by atoms with Crippen LogP contribution in [0.15, 0.2) is 33.7 Å².